The largest absolute Gasteiger partial charge is 0.325 e. The van der Waals surface area contributed by atoms with E-state index in [-0.39, 0.29) is 0 Å². The summed E-state index contributed by atoms with van der Waals surface area (Å²) in [5.41, 5.74) is 1.64. The van der Waals surface area contributed by atoms with Gasteiger partial charge < -0.3 is 5.32 Å². The van der Waals surface area contributed by atoms with E-state index in [1.165, 1.54) is 43.9 Å². The second-order valence-corrected chi connectivity index (χ2v) is 10.1. The lowest BCUT2D eigenvalue weighted by molar-refractivity contribution is -0.115. The molecule has 23 heavy (non-hydrogen) atoms. The van der Waals surface area contributed by atoms with Crippen molar-refractivity contribution in [2.24, 2.45) is 0 Å². The number of thioether (sulfide) groups is 1. The van der Waals surface area contributed by atoms with Gasteiger partial charge in [-0.15, -0.1) is 11.8 Å². The van der Waals surface area contributed by atoms with Gasteiger partial charge in [-0.1, -0.05) is 19.3 Å². The molecule has 2 rings (SSSR count). The number of benzene rings is 1. The molecule has 0 heterocycles. The van der Waals surface area contributed by atoms with Crippen molar-refractivity contribution in [2.75, 3.05) is 11.6 Å². The van der Waals surface area contributed by atoms with E-state index in [9.17, 15) is 13.2 Å². The van der Waals surface area contributed by atoms with Crippen LogP contribution in [0.5, 0.6) is 0 Å². The van der Waals surface area contributed by atoms with Crippen LogP contribution in [0.25, 0.3) is 0 Å². The first-order valence-electron chi connectivity index (χ1n) is 8.04. The van der Waals surface area contributed by atoms with Gasteiger partial charge >= 0.3 is 0 Å². The van der Waals surface area contributed by atoms with Crippen LogP contribution in [0, 0.1) is 6.92 Å². The number of amides is 1. The number of carbonyl (C=O) groups is 1. The molecule has 4 nitrogen and oxygen atoms in total. The standard InChI is InChI=1S/C17H25NO3S2/c1-12-11-15(22-14-7-5-4-6-8-14)9-10-16(12)18-17(19)13(2)23(3,20)21/h9-11,13-14H,4-8H2,1-3H3,(H,18,19)/t13-/m0/s1. The van der Waals surface area contributed by atoms with E-state index >= 15 is 0 Å². The summed E-state index contributed by atoms with van der Waals surface area (Å²) in [6.07, 6.45) is 7.60. The topological polar surface area (TPSA) is 63.2 Å². The lowest BCUT2D eigenvalue weighted by atomic mass is 10.0. The highest BCUT2D eigenvalue weighted by atomic mass is 32.2. The van der Waals surface area contributed by atoms with Crippen molar-refractivity contribution in [3.63, 3.8) is 0 Å². The molecule has 1 atom stereocenters. The Morgan fingerprint density at radius 2 is 1.91 bits per heavy atom. The molecule has 1 aliphatic rings. The minimum atomic E-state index is -3.38. The van der Waals surface area contributed by atoms with Gasteiger partial charge in [0.15, 0.2) is 9.84 Å². The normalized spacial score (nSPS) is 17.7. The molecular weight excluding hydrogens is 330 g/mol. The summed E-state index contributed by atoms with van der Waals surface area (Å²) in [5, 5.41) is 2.37. The summed E-state index contributed by atoms with van der Waals surface area (Å²) in [4.78, 5) is 13.2. The van der Waals surface area contributed by atoms with Crippen LogP contribution in [0.15, 0.2) is 23.1 Å². The van der Waals surface area contributed by atoms with Gasteiger partial charge in [0.25, 0.3) is 0 Å². The lowest BCUT2D eigenvalue weighted by Gasteiger charge is -2.21. The fourth-order valence-electron chi connectivity index (χ4n) is 2.65. The second kappa shape index (κ2) is 7.71. The van der Waals surface area contributed by atoms with Crippen molar-refractivity contribution in [3.05, 3.63) is 23.8 Å². The zero-order valence-corrected chi connectivity index (χ0v) is 15.6. The van der Waals surface area contributed by atoms with Gasteiger partial charge in [0.2, 0.25) is 5.91 Å². The van der Waals surface area contributed by atoms with Crippen LogP contribution in [-0.4, -0.2) is 31.1 Å². The number of nitrogens with one attached hydrogen (secondary N) is 1. The predicted molar refractivity (Wildman–Crippen MR) is 96.8 cm³/mol. The van der Waals surface area contributed by atoms with Gasteiger partial charge in [-0.3, -0.25) is 4.79 Å². The monoisotopic (exact) mass is 355 g/mol. The molecule has 1 fully saturated rings. The number of hydrogen-bond acceptors (Lipinski definition) is 4. The van der Waals surface area contributed by atoms with Crippen molar-refractivity contribution in [3.8, 4) is 0 Å². The average molecular weight is 356 g/mol. The summed E-state index contributed by atoms with van der Waals surface area (Å²) in [7, 11) is -3.38. The number of anilines is 1. The maximum Gasteiger partial charge on any atom is 0.242 e. The minimum Gasteiger partial charge on any atom is -0.325 e. The average Bonchev–Trinajstić information content (AvgIpc) is 2.49. The molecule has 1 aromatic rings. The van der Waals surface area contributed by atoms with Gasteiger partial charge in [0, 0.05) is 22.1 Å². The number of rotatable bonds is 5. The van der Waals surface area contributed by atoms with Crippen LogP contribution >= 0.6 is 11.8 Å². The lowest BCUT2D eigenvalue weighted by Crippen LogP contribution is -2.32. The molecule has 1 aliphatic carbocycles. The summed E-state index contributed by atoms with van der Waals surface area (Å²) in [5.74, 6) is -0.483. The molecule has 0 aromatic heterocycles. The summed E-state index contributed by atoms with van der Waals surface area (Å²) in [6.45, 7) is 3.35. The maximum absolute atomic E-state index is 12.0. The quantitative estimate of drug-likeness (QED) is 0.873. The Hall–Kier alpha value is -1.01. The van der Waals surface area contributed by atoms with E-state index < -0.39 is 21.0 Å². The van der Waals surface area contributed by atoms with Crippen molar-refractivity contribution in [2.45, 2.75) is 61.3 Å². The predicted octanol–water partition coefficient (Wildman–Crippen LogP) is 3.79. The van der Waals surface area contributed by atoms with Crippen LogP contribution in [0.1, 0.15) is 44.6 Å². The van der Waals surface area contributed by atoms with Crippen molar-refractivity contribution < 1.29 is 13.2 Å². The first kappa shape index (κ1) is 18.3. The molecule has 1 saturated carbocycles. The summed E-state index contributed by atoms with van der Waals surface area (Å²) in [6, 6.07) is 5.94. The zero-order chi connectivity index (χ0) is 17.0. The highest BCUT2D eigenvalue weighted by molar-refractivity contribution is 8.00. The molecule has 0 unspecified atom stereocenters. The Labute approximate surface area is 143 Å². The number of carbonyl (C=O) groups excluding carboxylic acids is 1. The van der Waals surface area contributed by atoms with E-state index in [1.807, 2.05) is 30.8 Å². The molecular formula is C17H25NO3S2. The Bertz CT molecular complexity index is 664. The third-order valence-corrected chi connectivity index (χ3v) is 7.15. The van der Waals surface area contributed by atoms with Gasteiger partial charge in [0.05, 0.1) is 0 Å². The third-order valence-electron chi connectivity index (χ3n) is 4.32. The smallest absolute Gasteiger partial charge is 0.242 e. The van der Waals surface area contributed by atoms with E-state index in [1.54, 1.807) is 0 Å². The van der Waals surface area contributed by atoms with Crippen LogP contribution in [-0.2, 0) is 14.6 Å². The fourth-order valence-corrected chi connectivity index (χ4v) is 4.45. The van der Waals surface area contributed by atoms with Crippen molar-refractivity contribution in [1.29, 1.82) is 0 Å². The molecule has 0 aliphatic heterocycles. The molecule has 0 radical (unpaired) electrons. The molecule has 128 valence electrons. The molecule has 6 heteroatoms. The van der Waals surface area contributed by atoms with Gasteiger partial charge in [-0.05, 0) is 50.5 Å². The van der Waals surface area contributed by atoms with Crippen LogP contribution in [0.3, 0.4) is 0 Å². The first-order chi connectivity index (χ1) is 10.8. The van der Waals surface area contributed by atoms with Crippen molar-refractivity contribution in [1.82, 2.24) is 0 Å². The van der Waals surface area contributed by atoms with E-state index in [0.717, 1.165) is 11.8 Å². The Balaban J connectivity index is 2.03. The third kappa shape index (κ3) is 5.24. The van der Waals surface area contributed by atoms with Crippen molar-refractivity contribution >= 4 is 33.2 Å². The highest BCUT2D eigenvalue weighted by Gasteiger charge is 2.24. The number of hydrogen-bond donors (Lipinski definition) is 1. The summed E-state index contributed by atoms with van der Waals surface area (Å²) >= 11 is 1.91. The minimum absolute atomic E-state index is 0.483. The molecule has 0 saturated heterocycles. The Kier molecular flexibility index (Phi) is 6.14. The van der Waals surface area contributed by atoms with Crippen LogP contribution < -0.4 is 5.32 Å². The SMILES string of the molecule is Cc1cc(SC2CCCCC2)ccc1NC(=O)[C@H](C)S(C)(=O)=O. The Morgan fingerprint density at radius 1 is 1.26 bits per heavy atom. The Morgan fingerprint density at radius 3 is 2.48 bits per heavy atom. The molecule has 0 spiro atoms. The van der Waals surface area contributed by atoms with Gasteiger partial charge in [0.1, 0.15) is 5.25 Å². The van der Waals surface area contributed by atoms with Gasteiger partial charge in [-0.25, -0.2) is 8.42 Å². The van der Waals surface area contributed by atoms with E-state index in [2.05, 4.69) is 11.4 Å². The molecule has 0 bridgehead atoms. The van der Waals surface area contributed by atoms with Crippen LogP contribution in [0.4, 0.5) is 5.69 Å². The number of sulfone groups is 1. The fraction of sp³-hybridized carbons (Fsp3) is 0.588. The molecule has 1 N–H and O–H groups in total. The van der Waals surface area contributed by atoms with E-state index in [0.29, 0.717) is 10.9 Å². The van der Waals surface area contributed by atoms with Crippen LogP contribution in [0.2, 0.25) is 0 Å². The highest BCUT2D eigenvalue weighted by Crippen LogP contribution is 2.34. The maximum atomic E-state index is 12.0. The number of aryl methyl sites for hydroxylation is 1. The molecule has 1 aromatic carbocycles. The second-order valence-electron chi connectivity index (χ2n) is 6.32. The zero-order valence-electron chi connectivity index (χ0n) is 14.0. The molecule has 1 amide bonds. The van der Waals surface area contributed by atoms with Gasteiger partial charge in [-0.2, -0.15) is 0 Å². The summed E-state index contributed by atoms with van der Waals surface area (Å²) < 4.78 is 22.9. The van der Waals surface area contributed by atoms with E-state index in [4.69, 9.17) is 0 Å². The first-order valence-corrected chi connectivity index (χ1v) is 10.9.